The number of hydrogen-bond acceptors (Lipinski definition) is 8. The second kappa shape index (κ2) is 9.48. The van der Waals surface area contributed by atoms with E-state index in [4.69, 9.17) is 14.4 Å². The van der Waals surface area contributed by atoms with E-state index in [0.29, 0.717) is 28.3 Å². The number of carboxylic acid groups (broad SMARTS) is 1. The first-order valence-corrected chi connectivity index (χ1v) is 10.1. The molecule has 1 amide bonds. The fourth-order valence-corrected chi connectivity index (χ4v) is 3.19. The van der Waals surface area contributed by atoms with E-state index in [1.54, 1.807) is 56.3 Å². The van der Waals surface area contributed by atoms with Crippen LogP contribution in [0.25, 0.3) is 22.7 Å². The third-order valence-electron chi connectivity index (χ3n) is 4.85. The molecule has 2 aromatic carbocycles. The number of amides is 1. The largest absolute Gasteiger partial charge is 0.480 e. The van der Waals surface area contributed by atoms with Crippen LogP contribution < -0.4 is 5.32 Å². The van der Waals surface area contributed by atoms with Crippen LogP contribution in [0.1, 0.15) is 24.3 Å². The highest BCUT2D eigenvalue weighted by Gasteiger charge is 2.21. The van der Waals surface area contributed by atoms with Crippen molar-refractivity contribution in [3.8, 4) is 22.7 Å². The van der Waals surface area contributed by atoms with Gasteiger partial charge in [0.1, 0.15) is 23.3 Å². The average molecular weight is 466 g/mol. The van der Waals surface area contributed by atoms with E-state index in [0.717, 1.165) is 4.80 Å². The Bertz CT molecular complexity index is 1330. The fraction of sp³-hybridized carbons (Fsp3) is 0.182. The van der Waals surface area contributed by atoms with Crippen LogP contribution >= 0.6 is 0 Å². The maximum absolute atomic E-state index is 14.0. The molecule has 0 radical (unpaired) electrons. The quantitative estimate of drug-likeness (QED) is 0.415. The molecule has 34 heavy (non-hydrogen) atoms. The van der Waals surface area contributed by atoms with Crippen LogP contribution in [0.5, 0.6) is 0 Å². The van der Waals surface area contributed by atoms with E-state index >= 15 is 0 Å². The molecule has 2 aromatic heterocycles. The van der Waals surface area contributed by atoms with E-state index in [9.17, 15) is 14.0 Å². The van der Waals surface area contributed by atoms with E-state index < -0.39 is 30.5 Å². The number of rotatable bonds is 7. The molecule has 2 heterocycles. The number of halogens is 1. The summed E-state index contributed by atoms with van der Waals surface area (Å²) in [6.45, 7) is 2.82. The van der Waals surface area contributed by atoms with Gasteiger partial charge in [-0.3, -0.25) is 10.1 Å². The van der Waals surface area contributed by atoms with Crippen molar-refractivity contribution >= 4 is 17.7 Å². The molecule has 0 aliphatic carbocycles. The molecular formula is C22H19FN6O5. The van der Waals surface area contributed by atoms with Crippen molar-refractivity contribution in [1.29, 1.82) is 0 Å². The Morgan fingerprint density at radius 3 is 2.59 bits per heavy atom. The number of carboxylic acids is 1. The Morgan fingerprint density at radius 2 is 1.88 bits per heavy atom. The van der Waals surface area contributed by atoms with Crippen molar-refractivity contribution < 1.29 is 28.3 Å². The van der Waals surface area contributed by atoms with Gasteiger partial charge in [0, 0.05) is 16.7 Å². The lowest BCUT2D eigenvalue weighted by Gasteiger charge is -2.15. The lowest BCUT2D eigenvalue weighted by Crippen LogP contribution is -2.17. The van der Waals surface area contributed by atoms with Crippen LogP contribution in [0.15, 0.2) is 53.1 Å². The second-order valence-electron chi connectivity index (χ2n) is 7.28. The predicted octanol–water partition coefficient (Wildman–Crippen LogP) is 3.84. The van der Waals surface area contributed by atoms with Crippen molar-refractivity contribution in [3.63, 3.8) is 0 Å². The van der Waals surface area contributed by atoms with E-state index in [1.807, 2.05) is 0 Å². The summed E-state index contributed by atoms with van der Waals surface area (Å²) < 4.78 is 24.7. The third-order valence-corrected chi connectivity index (χ3v) is 4.85. The lowest BCUT2D eigenvalue weighted by atomic mass is 10.1. The van der Waals surface area contributed by atoms with Crippen LogP contribution in [0.3, 0.4) is 0 Å². The zero-order chi connectivity index (χ0) is 24.2. The molecule has 174 valence electrons. The average Bonchev–Trinajstić information content (AvgIpc) is 3.40. The van der Waals surface area contributed by atoms with Crippen LogP contribution in [-0.2, 0) is 16.1 Å². The molecular weight excluding hydrogens is 447 g/mol. The van der Waals surface area contributed by atoms with Crippen molar-refractivity contribution in [2.24, 2.45) is 0 Å². The zero-order valence-corrected chi connectivity index (χ0v) is 18.1. The Morgan fingerprint density at radius 1 is 1.18 bits per heavy atom. The minimum atomic E-state index is -1.08. The molecule has 0 saturated heterocycles. The third kappa shape index (κ3) is 4.90. The molecule has 0 fully saturated rings. The number of nitrogens with zero attached hydrogens (tertiary/aromatic N) is 5. The number of carbonyl (C=O) groups is 2. The van der Waals surface area contributed by atoms with Crippen molar-refractivity contribution in [2.45, 2.75) is 26.5 Å². The smallest absolute Gasteiger partial charge is 0.412 e. The van der Waals surface area contributed by atoms with Gasteiger partial charge in [-0.2, -0.15) is 4.80 Å². The highest BCUT2D eigenvalue weighted by Crippen LogP contribution is 2.32. The number of aryl methyl sites for hydroxylation is 1. The maximum Gasteiger partial charge on any atom is 0.412 e. The Labute approximate surface area is 192 Å². The van der Waals surface area contributed by atoms with Crippen LogP contribution in [-0.4, -0.2) is 42.5 Å². The molecule has 4 aromatic rings. The lowest BCUT2D eigenvalue weighted by molar-refractivity contribution is -0.138. The van der Waals surface area contributed by atoms with Gasteiger partial charge >= 0.3 is 12.1 Å². The molecule has 0 bridgehead atoms. The molecule has 1 unspecified atom stereocenters. The second-order valence-corrected chi connectivity index (χ2v) is 7.28. The Hall–Kier alpha value is -4.61. The summed E-state index contributed by atoms with van der Waals surface area (Å²) in [4.78, 5) is 24.2. The maximum atomic E-state index is 14.0. The summed E-state index contributed by atoms with van der Waals surface area (Å²) in [5, 5.41) is 26.9. The number of aromatic nitrogens is 5. The molecule has 0 spiro atoms. The van der Waals surface area contributed by atoms with E-state index in [1.165, 1.54) is 6.07 Å². The summed E-state index contributed by atoms with van der Waals surface area (Å²) in [7, 11) is 0. The van der Waals surface area contributed by atoms with E-state index in [2.05, 4.69) is 25.9 Å². The van der Waals surface area contributed by atoms with E-state index in [-0.39, 0.29) is 11.4 Å². The standard InChI is InChI=1S/C22H19FN6O5/c1-12-19(24-22(32)33-13(2)16-5-3-4-6-17(16)23)20(34-27-12)14-7-9-15(10-8-14)21-25-28-29(26-21)11-18(30)31/h3-10,13H,11H2,1-2H3,(H,24,32)(H,30,31). The fourth-order valence-electron chi connectivity index (χ4n) is 3.19. The van der Waals surface area contributed by atoms with Crippen LogP contribution in [0.4, 0.5) is 14.9 Å². The minimum absolute atomic E-state index is 0.254. The molecule has 2 N–H and O–H groups in total. The normalized spacial score (nSPS) is 11.7. The zero-order valence-electron chi connectivity index (χ0n) is 18.1. The summed E-state index contributed by atoms with van der Waals surface area (Å²) in [6.07, 6.45) is -1.61. The number of ether oxygens (including phenoxy) is 1. The topological polar surface area (TPSA) is 145 Å². The molecule has 0 saturated carbocycles. The number of carbonyl (C=O) groups excluding carboxylic acids is 1. The van der Waals surface area contributed by atoms with Crippen molar-refractivity contribution in [3.05, 3.63) is 65.6 Å². The van der Waals surface area contributed by atoms with Crippen molar-refractivity contribution in [1.82, 2.24) is 25.4 Å². The van der Waals surface area contributed by atoms with Gasteiger partial charge in [0.05, 0.1) is 0 Å². The molecule has 0 aliphatic rings. The molecule has 11 nitrogen and oxygen atoms in total. The number of aliphatic carboxylic acids is 1. The Balaban J connectivity index is 1.49. The molecule has 12 heteroatoms. The number of benzene rings is 2. The van der Waals surface area contributed by atoms with Gasteiger partial charge in [0.25, 0.3) is 0 Å². The van der Waals surface area contributed by atoms with Crippen LogP contribution in [0.2, 0.25) is 0 Å². The Kier molecular flexibility index (Phi) is 6.30. The van der Waals surface area contributed by atoms with Gasteiger partial charge < -0.3 is 14.4 Å². The van der Waals surface area contributed by atoms with Gasteiger partial charge in [-0.05, 0) is 25.1 Å². The molecule has 0 aliphatic heterocycles. The predicted molar refractivity (Wildman–Crippen MR) is 116 cm³/mol. The minimum Gasteiger partial charge on any atom is -0.480 e. The van der Waals surface area contributed by atoms with Gasteiger partial charge in [0.2, 0.25) is 5.82 Å². The van der Waals surface area contributed by atoms with Crippen molar-refractivity contribution in [2.75, 3.05) is 5.32 Å². The van der Waals surface area contributed by atoms with Crippen LogP contribution in [0, 0.1) is 12.7 Å². The highest BCUT2D eigenvalue weighted by atomic mass is 19.1. The monoisotopic (exact) mass is 466 g/mol. The van der Waals surface area contributed by atoms with Gasteiger partial charge in [-0.25, -0.2) is 9.18 Å². The number of tetrazole rings is 1. The summed E-state index contributed by atoms with van der Waals surface area (Å²) in [6, 6.07) is 12.8. The first kappa shape index (κ1) is 22.6. The molecule has 1 atom stereocenters. The summed E-state index contributed by atoms with van der Waals surface area (Å²) in [5.41, 5.74) is 2.19. The highest BCUT2D eigenvalue weighted by molar-refractivity contribution is 5.91. The van der Waals surface area contributed by atoms with Gasteiger partial charge in [-0.1, -0.05) is 47.6 Å². The summed E-state index contributed by atoms with van der Waals surface area (Å²) in [5.74, 6) is -1.00. The first-order chi connectivity index (χ1) is 16.3. The SMILES string of the molecule is Cc1noc(-c2ccc(-c3nnn(CC(=O)O)n3)cc2)c1NC(=O)OC(C)c1ccccc1F. The first-order valence-electron chi connectivity index (χ1n) is 10.1. The number of hydrogen-bond donors (Lipinski definition) is 2. The van der Waals surface area contributed by atoms with Gasteiger partial charge in [0.15, 0.2) is 12.3 Å². The van der Waals surface area contributed by atoms with Gasteiger partial charge in [-0.15, -0.1) is 10.2 Å². The number of nitrogens with one attached hydrogen (secondary N) is 1. The summed E-state index contributed by atoms with van der Waals surface area (Å²) >= 11 is 0. The molecule has 4 rings (SSSR count). The number of anilines is 1.